The van der Waals surface area contributed by atoms with Gasteiger partial charge >= 0.3 is 0 Å². The van der Waals surface area contributed by atoms with Gasteiger partial charge in [-0.15, -0.1) is 0 Å². The van der Waals surface area contributed by atoms with E-state index in [0.29, 0.717) is 0 Å². The van der Waals surface area contributed by atoms with Crippen molar-refractivity contribution in [3.05, 3.63) is 59.2 Å². The van der Waals surface area contributed by atoms with Crippen molar-refractivity contribution >= 4 is 0 Å². The van der Waals surface area contributed by atoms with Crippen molar-refractivity contribution in [2.45, 2.75) is 39.2 Å². The maximum Gasteiger partial charge on any atom is 0.0425 e. The highest BCUT2D eigenvalue weighted by Gasteiger charge is 2.21. The summed E-state index contributed by atoms with van der Waals surface area (Å²) in [5.41, 5.74) is 10.2. The Morgan fingerprint density at radius 3 is 1.68 bits per heavy atom. The smallest absolute Gasteiger partial charge is 0.0425 e. The van der Waals surface area contributed by atoms with Crippen molar-refractivity contribution in [3.63, 3.8) is 0 Å². The Morgan fingerprint density at radius 2 is 1.32 bits per heavy atom. The highest BCUT2D eigenvalue weighted by atomic mass is 14.8. The molecule has 0 amide bonds. The third kappa shape index (κ3) is 4.14. The predicted molar refractivity (Wildman–Crippen MR) is 77.9 cm³/mol. The average molecular weight is 255 g/mol. The van der Waals surface area contributed by atoms with E-state index in [-0.39, 0.29) is 5.54 Å². The third-order valence-electron chi connectivity index (χ3n) is 3.06. The topological polar surface area (TPSA) is 51.8 Å². The van der Waals surface area contributed by atoms with E-state index in [1.54, 1.807) is 0 Å². The number of aryl methyl sites for hydroxylation is 2. The number of pyridine rings is 2. The highest BCUT2D eigenvalue weighted by molar-refractivity contribution is 5.16. The minimum Gasteiger partial charge on any atom is -0.325 e. The minimum atomic E-state index is -0.332. The first-order valence-corrected chi connectivity index (χ1v) is 6.59. The first-order valence-electron chi connectivity index (χ1n) is 6.59. The number of aromatic nitrogens is 2. The molecular formula is C16H21N3. The van der Waals surface area contributed by atoms with Crippen molar-refractivity contribution in [1.82, 2.24) is 9.97 Å². The van der Waals surface area contributed by atoms with Crippen LogP contribution in [0.1, 0.15) is 29.7 Å². The van der Waals surface area contributed by atoms with Gasteiger partial charge in [-0.3, -0.25) is 9.97 Å². The summed E-state index contributed by atoms with van der Waals surface area (Å²) >= 11 is 0. The van der Waals surface area contributed by atoms with E-state index >= 15 is 0 Å². The van der Waals surface area contributed by atoms with Gasteiger partial charge in [0.25, 0.3) is 0 Å². The van der Waals surface area contributed by atoms with Gasteiger partial charge in [-0.05, 0) is 45.0 Å². The lowest BCUT2D eigenvalue weighted by atomic mass is 9.91. The fourth-order valence-corrected chi connectivity index (χ4v) is 2.29. The van der Waals surface area contributed by atoms with Crippen molar-refractivity contribution in [2.75, 3.05) is 0 Å². The van der Waals surface area contributed by atoms with Crippen LogP contribution in [0.25, 0.3) is 0 Å². The van der Waals surface area contributed by atoms with Gasteiger partial charge in [0.15, 0.2) is 0 Å². The molecule has 0 radical (unpaired) electrons. The SMILES string of the molecule is Cc1cccc(CC(C)(N)Cc2cccc(C)n2)n1. The lowest BCUT2D eigenvalue weighted by Crippen LogP contribution is -2.41. The molecule has 0 aromatic carbocycles. The normalized spacial score (nSPS) is 11.6. The molecule has 2 aromatic rings. The molecule has 0 saturated carbocycles. The lowest BCUT2D eigenvalue weighted by molar-refractivity contribution is 0.452. The van der Waals surface area contributed by atoms with Crippen molar-refractivity contribution in [2.24, 2.45) is 5.73 Å². The first kappa shape index (κ1) is 13.7. The van der Waals surface area contributed by atoms with Gasteiger partial charge in [0.1, 0.15) is 0 Å². The molecule has 2 N–H and O–H groups in total. The predicted octanol–water partition coefficient (Wildman–Crippen LogP) is 2.60. The summed E-state index contributed by atoms with van der Waals surface area (Å²) in [6.45, 7) is 6.06. The maximum atomic E-state index is 6.40. The van der Waals surface area contributed by atoms with Crippen LogP contribution in [-0.2, 0) is 12.8 Å². The summed E-state index contributed by atoms with van der Waals surface area (Å²) in [6.07, 6.45) is 1.51. The third-order valence-corrected chi connectivity index (χ3v) is 3.06. The monoisotopic (exact) mass is 255 g/mol. The standard InChI is InChI=1S/C16H21N3/c1-12-6-4-8-14(18-12)10-16(3,17)11-15-9-5-7-13(2)19-15/h4-9H,10-11,17H2,1-3H3. The Morgan fingerprint density at radius 1 is 0.895 bits per heavy atom. The number of hydrogen-bond donors (Lipinski definition) is 1. The van der Waals surface area contributed by atoms with Crippen LogP contribution < -0.4 is 5.73 Å². The summed E-state index contributed by atoms with van der Waals surface area (Å²) in [5, 5.41) is 0. The Balaban J connectivity index is 2.10. The second-order valence-electron chi connectivity index (χ2n) is 5.55. The lowest BCUT2D eigenvalue weighted by Gasteiger charge is -2.24. The van der Waals surface area contributed by atoms with E-state index in [2.05, 4.69) is 16.9 Å². The molecule has 3 nitrogen and oxygen atoms in total. The molecule has 0 aliphatic heterocycles. The van der Waals surface area contributed by atoms with Gasteiger partial charge in [-0.1, -0.05) is 12.1 Å². The highest BCUT2D eigenvalue weighted by Crippen LogP contribution is 2.15. The van der Waals surface area contributed by atoms with E-state index in [9.17, 15) is 0 Å². The van der Waals surface area contributed by atoms with Crippen LogP contribution in [0.2, 0.25) is 0 Å². The molecule has 2 heterocycles. The van der Waals surface area contributed by atoms with E-state index in [0.717, 1.165) is 35.6 Å². The van der Waals surface area contributed by atoms with Crippen molar-refractivity contribution in [1.29, 1.82) is 0 Å². The Labute approximate surface area is 114 Å². The molecule has 0 unspecified atom stereocenters. The molecule has 2 aromatic heterocycles. The molecular weight excluding hydrogens is 234 g/mol. The van der Waals surface area contributed by atoms with E-state index in [1.807, 2.05) is 50.2 Å². The summed E-state index contributed by atoms with van der Waals surface area (Å²) in [4.78, 5) is 9.03. The van der Waals surface area contributed by atoms with Crippen LogP contribution >= 0.6 is 0 Å². The van der Waals surface area contributed by atoms with E-state index in [1.165, 1.54) is 0 Å². The summed E-state index contributed by atoms with van der Waals surface area (Å²) in [5.74, 6) is 0. The molecule has 0 saturated heterocycles. The summed E-state index contributed by atoms with van der Waals surface area (Å²) in [7, 11) is 0. The molecule has 0 atom stereocenters. The van der Waals surface area contributed by atoms with Gasteiger partial charge in [-0.25, -0.2) is 0 Å². The molecule has 0 fully saturated rings. The summed E-state index contributed by atoms with van der Waals surface area (Å²) < 4.78 is 0. The zero-order valence-electron chi connectivity index (χ0n) is 11.9. The number of nitrogens with two attached hydrogens (primary N) is 1. The number of rotatable bonds is 4. The molecule has 0 bridgehead atoms. The Kier molecular flexibility index (Phi) is 3.96. The fraction of sp³-hybridized carbons (Fsp3) is 0.375. The fourth-order valence-electron chi connectivity index (χ4n) is 2.29. The molecule has 0 spiro atoms. The average Bonchev–Trinajstić information content (AvgIpc) is 2.27. The second-order valence-corrected chi connectivity index (χ2v) is 5.55. The van der Waals surface area contributed by atoms with Crippen LogP contribution in [0.15, 0.2) is 36.4 Å². The number of hydrogen-bond acceptors (Lipinski definition) is 3. The maximum absolute atomic E-state index is 6.40. The van der Waals surface area contributed by atoms with Gasteiger partial charge in [-0.2, -0.15) is 0 Å². The molecule has 0 aliphatic rings. The summed E-state index contributed by atoms with van der Waals surface area (Å²) in [6, 6.07) is 12.1. The van der Waals surface area contributed by atoms with E-state index < -0.39 is 0 Å². The minimum absolute atomic E-state index is 0.332. The molecule has 2 rings (SSSR count). The van der Waals surface area contributed by atoms with Crippen LogP contribution in [0.3, 0.4) is 0 Å². The van der Waals surface area contributed by atoms with Crippen molar-refractivity contribution < 1.29 is 0 Å². The first-order chi connectivity index (χ1) is 8.94. The van der Waals surface area contributed by atoms with Crippen molar-refractivity contribution in [3.8, 4) is 0 Å². The van der Waals surface area contributed by atoms with Crippen LogP contribution in [0.5, 0.6) is 0 Å². The van der Waals surface area contributed by atoms with E-state index in [4.69, 9.17) is 5.73 Å². The zero-order chi connectivity index (χ0) is 13.9. The molecule has 0 aliphatic carbocycles. The van der Waals surface area contributed by atoms with Crippen LogP contribution in [0, 0.1) is 13.8 Å². The Hall–Kier alpha value is -1.74. The quantitative estimate of drug-likeness (QED) is 0.913. The van der Waals surface area contributed by atoms with Gasteiger partial charge < -0.3 is 5.73 Å². The largest absolute Gasteiger partial charge is 0.325 e. The Bertz CT molecular complexity index is 512. The van der Waals surface area contributed by atoms with Gasteiger partial charge in [0.2, 0.25) is 0 Å². The van der Waals surface area contributed by atoms with Gasteiger partial charge in [0.05, 0.1) is 0 Å². The molecule has 100 valence electrons. The van der Waals surface area contributed by atoms with Crippen LogP contribution in [-0.4, -0.2) is 15.5 Å². The zero-order valence-corrected chi connectivity index (χ0v) is 11.9. The second kappa shape index (κ2) is 5.49. The molecule has 19 heavy (non-hydrogen) atoms. The molecule has 3 heteroatoms. The number of nitrogens with zero attached hydrogens (tertiary/aromatic N) is 2. The van der Waals surface area contributed by atoms with Gasteiger partial charge in [0, 0.05) is 41.2 Å². The van der Waals surface area contributed by atoms with Crippen LogP contribution in [0.4, 0.5) is 0 Å².